The zero-order valence-corrected chi connectivity index (χ0v) is 12.8. The molecule has 23 heavy (non-hydrogen) atoms. The molecule has 6 heteroatoms. The molecule has 0 aliphatic carbocycles. The highest BCUT2D eigenvalue weighted by molar-refractivity contribution is 5.97. The molecule has 1 N–H and O–H groups in total. The van der Waals surface area contributed by atoms with Crippen molar-refractivity contribution in [3.05, 3.63) is 59.7 Å². The molecule has 0 fully saturated rings. The number of halogens is 2. The molecule has 122 valence electrons. The Hall–Kier alpha value is -2.63. The molecule has 0 aromatic heterocycles. The maximum Gasteiger partial charge on any atom is 0.387 e. The van der Waals surface area contributed by atoms with Gasteiger partial charge in [0.2, 0.25) is 0 Å². The number of carbonyl (C=O) groups is 1. The maximum atomic E-state index is 12.5. The first-order chi connectivity index (χ1) is 11.0. The van der Waals surface area contributed by atoms with Crippen molar-refractivity contribution in [2.45, 2.75) is 19.6 Å². The van der Waals surface area contributed by atoms with Crippen molar-refractivity contribution in [1.29, 1.82) is 0 Å². The minimum absolute atomic E-state index is 0.0373. The minimum Gasteiger partial charge on any atom is -0.496 e. The lowest BCUT2D eigenvalue weighted by Crippen LogP contribution is -2.27. The normalized spacial score (nSPS) is 11.9. The Balaban J connectivity index is 2.19. The summed E-state index contributed by atoms with van der Waals surface area (Å²) in [6.07, 6.45) is 0. The summed E-state index contributed by atoms with van der Waals surface area (Å²) >= 11 is 0. The SMILES string of the molecule is COc1ccccc1C(=O)N[C@@H](C)c1ccccc1OC(F)F. The predicted octanol–water partition coefficient (Wildman–Crippen LogP) is 3.79. The van der Waals surface area contributed by atoms with Crippen LogP contribution in [0.1, 0.15) is 28.9 Å². The van der Waals surface area contributed by atoms with Crippen LogP contribution in [0.2, 0.25) is 0 Å². The van der Waals surface area contributed by atoms with Gasteiger partial charge in [-0.2, -0.15) is 8.78 Å². The Bertz CT molecular complexity index is 676. The molecule has 0 aliphatic rings. The number of carbonyl (C=O) groups excluding carboxylic acids is 1. The van der Waals surface area contributed by atoms with Crippen molar-refractivity contribution >= 4 is 5.91 Å². The lowest BCUT2D eigenvalue weighted by molar-refractivity contribution is -0.0506. The number of amides is 1. The summed E-state index contributed by atoms with van der Waals surface area (Å²) in [4.78, 5) is 12.4. The molecule has 0 aliphatic heterocycles. The van der Waals surface area contributed by atoms with Crippen LogP contribution in [-0.2, 0) is 0 Å². The van der Waals surface area contributed by atoms with Crippen molar-refractivity contribution in [2.24, 2.45) is 0 Å². The molecule has 4 nitrogen and oxygen atoms in total. The third-order valence-electron chi connectivity index (χ3n) is 3.30. The van der Waals surface area contributed by atoms with Gasteiger partial charge in [-0.1, -0.05) is 30.3 Å². The summed E-state index contributed by atoms with van der Waals surface area (Å²) in [7, 11) is 1.47. The Morgan fingerprint density at radius 1 is 1.04 bits per heavy atom. The van der Waals surface area contributed by atoms with Crippen molar-refractivity contribution in [2.75, 3.05) is 7.11 Å². The molecular weight excluding hydrogens is 304 g/mol. The van der Waals surface area contributed by atoms with Crippen molar-refractivity contribution in [3.8, 4) is 11.5 Å². The molecule has 0 spiro atoms. The average Bonchev–Trinajstić information content (AvgIpc) is 2.54. The van der Waals surface area contributed by atoms with E-state index in [0.29, 0.717) is 16.9 Å². The number of alkyl halides is 2. The van der Waals surface area contributed by atoms with Crippen LogP contribution < -0.4 is 14.8 Å². The van der Waals surface area contributed by atoms with Gasteiger partial charge in [0.1, 0.15) is 11.5 Å². The smallest absolute Gasteiger partial charge is 0.387 e. The highest BCUT2D eigenvalue weighted by Crippen LogP contribution is 2.27. The Morgan fingerprint density at radius 2 is 1.65 bits per heavy atom. The first-order valence-electron chi connectivity index (χ1n) is 7.00. The van der Waals surface area contributed by atoms with Crippen molar-refractivity contribution in [1.82, 2.24) is 5.32 Å². The van der Waals surface area contributed by atoms with E-state index in [4.69, 9.17) is 4.74 Å². The zero-order valence-electron chi connectivity index (χ0n) is 12.8. The van der Waals surface area contributed by atoms with Gasteiger partial charge in [-0.15, -0.1) is 0 Å². The molecule has 0 unspecified atom stereocenters. The number of para-hydroxylation sites is 2. The summed E-state index contributed by atoms with van der Waals surface area (Å²) in [6.45, 7) is -1.23. The highest BCUT2D eigenvalue weighted by Gasteiger charge is 2.18. The molecule has 0 radical (unpaired) electrons. The Morgan fingerprint density at radius 3 is 2.30 bits per heavy atom. The zero-order chi connectivity index (χ0) is 16.8. The van der Waals surface area contributed by atoms with Crippen LogP contribution in [0.3, 0.4) is 0 Å². The van der Waals surface area contributed by atoms with Crippen LogP contribution in [0.25, 0.3) is 0 Å². The number of nitrogens with one attached hydrogen (secondary N) is 1. The van der Waals surface area contributed by atoms with Gasteiger partial charge in [0, 0.05) is 5.56 Å². The number of ether oxygens (including phenoxy) is 2. The van der Waals surface area contributed by atoms with E-state index in [-0.39, 0.29) is 11.7 Å². The fourth-order valence-corrected chi connectivity index (χ4v) is 2.23. The third kappa shape index (κ3) is 4.18. The average molecular weight is 321 g/mol. The fourth-order valence-electron chi connectivity index (χ4n) is 2.23. The molecule has 0 saturated carbocycles. The van der Waals surface area contributed by atoms with E-state index in [1.807, 2.05) is 0 Å². The van der Waals surface area contributed by atoms with Gasteiger partial charge in [0.15, 0.2) is 0 Å². The lowest BCUT2D eigenvalue weighted by Gasteiger charge is -2.18. The Labute approximate surface area is 133 Å². The number of hydrogen-bond donors (Lipinski definition) is 1. The summed E-state index contributed by atoms with van der Waals surface area (Å²) in [5.41, 5.74) is 0.838. The van der Waals surface area contributed by atoms with Crippen LogP contribution >= 0.6 is 0 Å². The molecule has 0 saturated heterocycles. The van der Waals surface area contributed by atoms with Gasteiger partial charge in [-0.05, 0) is 25.1 Å². The topological polar surface area (TPSA) is 47.6 Å². The van der Waals surface area contributed by atoms with Crippen molar-refractivity contribution < 1.29 is 23.0 Å². The predicted molar refractivity (Wildman–Crippen MR) is 81.9 cm³/mol. The van der Waals surface area contributed by atoms with Crippen LogP contribution in [0.5, 0.6) is 11.5 Å². The molecule has 1 atom stereocenters. The number of methoxy groups -OCH3 is 1. The van der Waals surface area contributed by atoms with E-state index in [1.165, 1.54) is 13.2 Å². The maximum absolute atomic E-state index is 12.5. The molecule has 1 amide bonds. The summed E-state index contributed by atoms with van der Waals surface area (Å²) in [5, 5.41) is 2.76. The molecule has 2 aromatic carbocycles. The third-order valence-corrected chi connectivity index (χ3v) is 3.30. The quantitative estimate of drug-likeness (QED) is 0.880. The lowest BCUT2D eigenvalue weighted by atomic mass is 10.1. The first-order valence-corrected chi connectivity index (χ1v) is 7.00. The molecule has 2 aromatic rings. The standard InChI is InChI=1S/C17H17F2NO3/c1-11(12-7-3-6-10-15(12)23-17(18)19)20-16(21)13-8-4-5-9-14(13)22-2/h3-11,17H,1-2H3,(H,20,21)/t11-/m0/s1. The van der Waals surface area contributed by atoms with E-state index < -0.39 is 12.7 Å². The largest absolute Gasteiger partial charge is 0.496 e. The number of hydrogen-bond acceptors (Lipinski definition) is 3. The fraction of sp³-hybridized carbons (Fsp3) is 0.235. The van der Waals surface area contributed by atoms with Gasteiger partial charge in [0.25, 0.3) is 5.91 Å². The molecule has 0 heterocycles. The van der Waals surface area contributed by atoms with Gasteiger partial charge in [-0.25, -0.2) is 0 Å². The monoisotopic (exact) mass is 321 g/mol. The van der Waals surface area contributed by atoms with Crippen LogP contribution in [0.4, 0.5) is 8.78 Å². The second-order valence-corrected chi connectivity index (χ2v) is 4.81. The van der Waals surface area contributed by atoms with E-state index >= 15 is 0 Å². The first kappa shape index (κ1) is 16.7. The minimum atomic E-state index is -2.92. The summed E-state index contributed by atoms with van der Waals surface area (Å²) < 4.78 is 34.6. The van der Waals surface area contributed by atoms with E-state index in [1.54, 1.807) is 49.4 Å². The second-order valence-electron chi connectivity index (χ2n) is 4.81. The molecular formula is C17H17F2NO3. The summed E-state index contributed by atoms with van der Waals surface area (Å²) in [5.74, 6) is 0.117. The van der Waals surface area contributed by atoms with Crippen LogP contribution in [-0.4, -0.2) is 19.6 Å². The van der Waals surface area contributed by atoms with E-state index in [9.17, 15) is 13.6 Å². The number of rotatable bonds is 6. The van der Waals surface area contributed by atoms with Crippen LogP contribution in [0.15, 0.2) is 48.5 Å². The van der Waals surface area contributed by atoms with Crippen molar-refractivity contribution in [3.63, 3.8) is 0 Å². The van der Waals surface area contributed by atoms with Gasteiger partial charge in [0.05, 0.1) is 18.7 Å². The van der Waals surface area contributed by atoms with E-state index in [0.717, 1.165) is 0 Å². The molecule has 2 rings (SSSR count). The van der Waals surface area contributed by atoms with Gasteiger partial charge in [-0.3, -0.25) is 4.79 Å². The summed E-state index contributed by atoms with van der Waals surface area (Å²) in [6, 6.07) is 12.6. The number of benzene rings is 2. The molecule has 0 bridgehead atoms. The second kappa shape index (κ2) is 7.58. The van der Waals surface area contributed by atoms with Gasteiger partial charge >= 0.3 is 6.61 Å². The van der Waals surface area contributed by atoms with Crippen LogP contribution in [0, 0.1) is 0 Å². The van der Waals surface area contributed by atoms with E-state index in [2.05, 4.69) is 10.1 Å². The highest BCUT2D eigenvalue weighted by atomic mass is 19.3. The Kier molecular flexibility index (Phi) is 5.51. The van der Waals surface area contributed by atoms with Gasteiger partial charge < -0.3 is 14.8 Å².